The van der Waals surface area contributed by atoms with Gasteiger partial charge in [-0.05, 0) is 44.4 Å². The molecule has 1 aromatic carbocycles. The van der Waals surface area contributed by atoms with Crippen molar-refractivity contribution in [1.29, 1.82) is 0 Å². The van der Waals surface area contributed by atoms with E-state index in [-0.39, 0.29) is 30.0 Å². The van der Waals surface area contributed by atoms with E-state index < -0.39 is 17.8 Å². The minimum Gasteiger partial charge on any atom is -0.381 e. The minimum absolute atomic E-state index is 0.0536. The number of anilines is 1. The molecule has 3 N–H and O–H groups in total. The molecule has 2 amide bonds. The summed E-state index contributed by atoms with van der Waals surface area (Å²) in [5, 5.41) is 8.98. The summed E-state index contributed by atoms with van der Waals surface area (Å²) < 4.78 is 46.5. The standard InChI is InChI=1S/C23H28F3N3O2/c1-2-27-22(30)28-13-16-9-10-17-20(14-6-4-3-5-7-14)29-19-11-8-15(23(24,25)26)12-18(19)21(17)31-16/h3-6,8,11-12,14,16-17,20-21,29H,2,7,9-10,13H2,1H3,(H2,27,28,30)/t14?,16-,17+,20+,21+/m1/s1. The summed E-state index contributed by atoms with van der Waals surface area (Å²) in [7, 11) is 0. The van der Waals surface area contributed by atoms with Crippen molar-refractivity contribution in [1.82, 2.24) is 10.6 Å². The van der Waals surface area contributed by atoms with Crippen LogP contribution in [0.3, 0.4) is 0 Å². The number of carbonyl (C=O) groups is 1. The van der Waals surface area contributed by atoms with Crippen molar-refractivity contribution in [3.63, 3.8) is 0 Å². The number of halogens is 3. The summed E-state index contributed by atoms with van der Waals surface area (Å²) in [5.74, 6) is 0.305. The van der Waals surface area contributed by atoms with Crippen molar-refractivity contribution in [3.05, 3.63) is 53.6 Å². The second-order valence-electron chi connectivity index (χ2n) is 8.34. The highest BCUT2D eigenvalue weighted by Crippen LogP contribution is 2.49. The van der Waals surface area contributed by atoms with Gasteiger partial charge in [-0.15, -0.1) is 0 Å². The molecule has 2 heterocycles. The maximum Gasteiger partial charge on any atom is 0.416 e. The van der Waals surface area contributed by atoms with E-state index >= 15 is 0 Å². The third-order valence-corrected chi connectivity index (χ3v) is 6.32. The van der Waals surface area contributed by atoms with Gasteiger partial charge in [0.15, 0.2) is 0 Å². The molecular weight excluding hydrogens is 407 g/mol. The van der Waals surface area contributed by atoms with Crippen molar-refractivity contribution in [2.45, 2.75) is 50.6 Å². The van der Waals surface area contributed by atoms with Crippen LogP contribution < -0.4 is 16.0 Å². The number of allylic oxidation sites excluding steroid dienone is 3. The lowest BCUT2D eigenvalue weighted by atomic mass is 9.73. The molecule has 0 aromatic heterocycles. The molecule has 5 nitrogen and oxygen atoms in total. The molecule has 8 heteroatoms. The van der Waals surface area contributed by atoms with E-state index in [9.17, 15) is 18.0 Å². The Morgan fingerprint density at radius 2 is 2.06 bits per heavy atom. The lowest BCUT2D eigenvalue weighted by Gasteiger charge is -2.47. The van der Waals surface area contributed by atoms with Crippen LogP contribution in [0.5, 0.6) is 0 Å². The molecule has 1 aromatic rings. The molecule has 2 aliphatic heterocycles. The zero-order chi connectivity index (χ0) is 22.0. The Balaban J connectivity index is 1.60. The van der Waals surface area contributed by atoms with E-state index in [4.69, 9.17) is 4.74 Å². The van der Waals surface area contributed by atoms with Crippen LogP contribution in [0.15, 0.2) is 42.5 Å². The van der Waals surface area contributed by atoms with Crippen LogP contribution in [0.1, 0.15) is 43.4 Å². The summed E-state index contributed by atoms with van der Waals surface area (Å²) >= 11 is 0. The van der Waals surface area contributed by atoms with Gasteiger partial charge in [-0.25, -0.2) is 4.79 Å². The molecule has 0 radical (unpaired) electrons. The van der Waals surface area contributed by atoms with E-state index in [0.29, 0.717) is 24.3 Å². The zero-order valence-electron chi connectivity index (χ0n) is 17.4. The molecule has 1 unspecified atom stereocenters. The highest BCUT2D eigenvalue weighted by molar-refractivity contribution is 5.73. The van der Waals surface area contributed by atoms with E-state index in [0.717, 1.165) is 25.3 Å². The third-order valence-electron chi connectivity index (χ3n) is 6.32. The fourth-order valence-electron chi connectivity index (χ4n) is 4.84. The van der Waals surface area contributed by atoms with Gasteiger partial charge in [0.05, 0.1) is 17.8 Å². The molecule has 1 fully saturated rings. The number of alkyl halides is 3. The fourth-order valence-corrected chi connectivity index (χ4v) is 4.84. The van der Waals surface area contributed by atoms with Gasteiger partial charge >= 0.3 is 12.2 Å². The number of hydrogen-bond donors (Lipinski definition) is 3. The van der Waals surface area contributed by atoms with Gasteiger partial charge in [0, 0.05) is 42.2 Å². The summed E-state index contributed by atoms with van der Waals surface area (Å²) in [6.07, 6.45) is 5.65. The first-order chi connectivity index (χ1) is 14.9. The van der Waals surface area contributed by atoms with Gasteiger partial charge in [0.1, 0.15) is 0 Å². The molecule has 3 aliphatic rings. The van der Waals surface area contributed by atoms with Gasteiger partial charge in [-0.3, -0.25) is 0 Å². The van der Waals surface area contributed by atoms with Crippen molar-refractivity contribution >= 4 is 11.7 Å². The van der Waals surface area contributed by atoms with Crippen molar-refractivity contribution in [3.8, 4) is 0 Å². The molecular formula is C23H28F3N3O2. The fraction of sp³-hybridized carbons (Fsp3) is 0.522. The van der Waals surface area contributed by atoms with E-state index in [2.05, 4.69) is 28.1 Å². The SMILES string of the molecule is CCNC(=O)NC[C@H]1CC[C@@H]2[C@H](O1)c1cc(C(F)(F)F)ccc1N[C@H]2C1C=CC=CC1. The van der Waals surface area contributed by atoms with Gasteiger partial charge in [0.25, 0.3) is 0 Å². The van der Waals surface area contributed by atoms with E-state index in [1.165, 1.54) is 12.1 Å². The number of rotatable bonds is 4. The number of fused-ring (bicyclic) bond motifs is 3. The highest BCUT2D eigenvalue weighted by Gasteiger charge is 2.45. The predicted octanol–water partition coefficient (Wildman–Crippen LogP) is 4.79. The smallest absolute Gasteiger partial charge is 0.381 e. The summed E-state index contributed by atoms with van der Waals surface area (Å²) in [5.41, 5.74) is 0.575. The van der Waals surface area contributed by atoms with Crippen LogP contribution in [-0.4, -0.2) is 31.3 Å². The normalized spacial score (nSPS) is 29.5. The Morgan fingerprint density at radius 1 is 1.23 bits per heavy atom. The molecule has 31 heavy (non-hydrogen) atoms. The quantitative estimate of drug-likeness (QED) is 0.638. The maximum atomic E-state index is 13.4. The van der Waals surface area contributed by atoms with Crippen LogP contribution in [0.25, 0.3) is 0 Å². The number of carbonyl (C=O) groups excluding carboxylic acids is 1. The second-order valence-corrected chi connectivity index (χ2v) is 8.34. The van der Waals surface area contributed by atoms with Gasteiger partial charge < -0.3 is 20.7 Å². The van der Waals surface area contributed by atoms with Crippen LogP contribution in [-0.2, 0) is 10.9 Å². The molecule has 0 saturated carbocycles. The number of hydrogen-bond acceptors (Lipinski definition) is 3. The summed E-state index contributed by atoms with van der Waals surface area (Å²) in [6.45, 7) is 2.68. The minimum atomic E-state index is -4.41. The van der Waals surface area contributed by atoms with Gasteiger partial charge in [-0.1, -0.05) is 24.3 Å². The van der Waals surface area contributed by atoms with E-state index in [1.807, 2.05) is 19.1 Å². The Hall–Kier alpha value is -2.48. The van der Waals surface area contributed by atoms with Crippen molar-refractivity contribution in [2.24, 2.45) is 11.8 Å². The number of ether oxygens (including phenoxy) is 1. The van der Waals surface area contributed by atoms with Crippen LogP contribution in [0.2, 0.25) is 0 Å². The topological polar surface area (TPSA) is 62.4 Å². The Kier molecular flexibility index (Phi) is 6.27. The molecule has 1 saturated heterocycles. The number of nitrogens with one attached hydrogen (secondary N) is 3. The van der Waals surface area contributed by atoms with Crippen molar-refractivity contribution < 1.29 is 22.7 Å². The Bertz CT molecular complexity index is 868. The molecule has 0 bridgehead atoms. The summed E-state index contributed by atoms with van der Waals surface area (Å²) in [6, 6.07) is 3.66. The number of urea groups is 1. The first-order valence-corrected chi connectivity index (χ1v) is 10.8. The first kappa shape index (κ1) is 21.7. The van der Waals surface area contributed by atoms with E-state index in [1.54, 1.807) is 0 Å². The Labute approximate surface area is 180 Å². The molecule has 4 rings (SSSR count). The zero-order valence-corrected chi connectivity index (χ0v) is 17.4. The molecule has 5 atom stereocenters. The van der Waals surface area contributed by atoms with Crippen LogP contribution in [0.4, 0.5) is 23.7 Å². The van der Waals surface area contributed by atoms with Gasteiger partial charge in [0.2, 0.25) is 0 Å². The lowest BCUT2D eigenvalue weighted by molar-refractivity contribution is -0.138. The van der Waals surface area contributed by atoms with Crippen molar-refractivity contribution in [2.75, 3.05) is 18.4 Å². The number of amides is 2. The van der Waals surface area contributed by atoms with Crippen LogP contribution in [0, 0.1) is 11.8 Å². The predicted molar refractivity (Wildman–Crippen MR) is 113 cm³/mol. The average molecular weight is 435 g/mol. The molecule has 168 valence electrons. The van der Waals surface area contributed by atoms with Crippen LogP contribution >= 0.6 is 0 Å². The first-order valence-electron chi connectivity index (χ1n) is 10.8. The third kappa shape index (κ3) is 4.74. The Morgan fingerprint density at radius 3 is 2.77 bits per heavy atom. The highest BCUT2D eigenvalue weighted by atomic mass is 19.4. The maximum absolute atomic E-state index is 13.4. The average Bonchev–Trinajstić information content (AvgIpc) is 2.77. The second kappa shape index (κ2) is 8.94. The van der Waals surface area contributed by atoms with Gasteiger partial charge in [-0.2, -0.15) is 13.2 Å². The molecule has 0 spiro atoms. The molecule has 1 aliphatic carbocycles. The number of benzene rings is 1. The monoisotopic (exact) mass is 435 g/mol. The largest absolute Gasteiger partial charge is 0.416 e. The lowest BCUT2D eigenvalue weighted by Crippen LogP contribution is -2.49. The summed E-state index contributed by atoms with van der Waals surface area (Å²) in [4.78, 5) is 11.8.